The third kappa shape index (κ3) is 3.33. The van der Waals surface area contributed by atoms with Gasteiger partial charge < -0.3 is 15.9 Å². The molecule has 3 nitrogen and oxygen atoms in total. The van der Waals surface area contributed by atoms with Crippen molar-refractivity contribution in [3.8, 4) is 0 Å². The molecule has 0 radical (unpaired) electrons. The lowest BCUT2D eigenvalue weighted by Crippen LogP contribution is -2.50. The van der Waals surface area contributed by atoms with E-state index in [1.54, 1.807) is 7.11 Å². The van der Waals surface area contributed by atoms with Crippen LogP contribution in [-0.4, -0.2) is 27.6 Å². The van der Waals surface area contributed by atoms with E-state index < -0.39 is 8.32 Å². The molecule has 0 aliphatic heterocycles. The lowest BCUT2D eigenvalue weighted by molar-refractivity contribution is 0.385. The highest BCUT2D eigenvalue weighted by atomic mass is 28.4. The average molecular weight is 176 g/mol. The first-order valence-electron chi connectivity index (χ1n) is 4.07. The van der Waals surface area contributed by atoms with Crippen molar-refractivity contribution >= 4 is 8.32 Å². The van der Waals surface area contributed by atoms with Gasteiger partial charge in [-0.2, -0.15) is 0 Å². The Balaban J connectivity index is 3.88. The molecule has 2 atom stereocenters. The van der Waals surface area contributed by atoms with E-state index in [-0.39, 0.29) is 5.67 Å². The Morgan fingerprint density at radius 1 is 1.55 bits per heavy atom. The molecule has 2 unspecified atom stereocenters. The lowest BCUT2D eigenvalue weighted by atomic mass is 10.5. The van der Waals surface area contributed by atoms with Crippen LogP contribution in [0.1, 0.15) is 13.3 Å². The molecule has 0 fully saturated rings. The van der Waals surface area contributed by atoms with Crippen molar-refractivity contribution in [3.05, 3.63) is 0 Å². The molecule has 0 spiro atoms. The minimum Gasteiger partial charge on any atom is -0.419 e. The normalized spacial score (nSPS) is 19.4. The standard InChI is InChI=1S/C7H20N2OSi/c1-7(9)11(3,10-2)6-4-5-8/h7H,4-6,8-9H2,1-3H3. The van der Waals surface area contributed by atoms with Crippen molar-refractivity contribution in [1.82, 2.24) is 0 Å². The van der Waals surface area contributed by atoms with Crippen molar-refractivity contribution in [1.29, 1.82) is 0 Å². The summed E-state index contributed by atoms with van der Waals surface area (Å²) < 4.78 is 5.46. The van der Waals surface area contributed by atoms with Gasteiger partial charge in [0.1, 0.15) is 0 Å². The van der Waals surface area contributed by atoms with Crippen LogP contribution < -0.4 is 11.5 Å². The van der Waals surface area contributed by atoms with Crippen LogP contribution in [0.4, 0.5) is 0 Å². The molecule has 0 aromatic carbocycles. The molecule has 68 valence electrons. The molecule has 0 aromatic heterocycles. The number of hydrogen-bond acceptors (Lipinski definition) is 3. The molecule has 0 saturated heterocycles. The van der Waals surface area contributed by atoms with Crippen molar-refractivity contribution in [2.75, 3.05) is 13.7 Å². The van der Waals surface area contributed by atoms with Crippen LogP contribution in [0.2, 0.25) is 12.6 Å². The Kier molecular flexibility index (Phi) is 4.91. The second-order valence-corrected chi connectivity index (χ2v) is 7.64. The largest absolute Gasteiger partial charge is 0.419 e. The quantitative estimate of drug-likeness (QED) is 0.598. The average Bonchev–Trinajstić information content (AvgIpc) is 2.00. The van der Waals surface area contributed by atoms with Gasteiger partial charge in [-0.05, 0) is 25.6 Å². The van der Waals surface area contributed by atoms with E-state index in [9.17, 15) is 0 Å². The molecule has 11 heavy (non-hydrogen) atoms. The Bertz CT molecular complexity index is 111. The summed E-state index contributed by atoms with van der Waals surface area (Å²) in [6.07, 6.45) is 1.03. The fourth-order valence-corrected chi connectivity index (χ4v) is 2.91. The van der Waals surface area contributed by atoms with E-state index in [1.807, 2.05) is 6.92 Å². The fraction of sp³-hybridized carbons (Fsp3) is 1.00. The summed E-state index contributed by atoms with van der Waals surface area (Å²) in [5.74, 6) is 0. The maximum absolute atomic E-state index is 5.82. The zero-order valence-corrected chi connectivity index (χ0v) is 8.76. The fourth-order valence-electron chi connectivity index (χ4n) is 0.969. The van der Waals surface area contributed by atoms with Crippen molar-refractivity contribution in [3.63, 3.8) is 0 Å². The summed E-state index contributed by atoms with van der Waals surface area (Å²) in [4.78, 5) is 0. The van der Waals surface area contributed by atoms with E-state index in [2.05, 4.69) is 6.55 Å². The van der Waals surface area contributed by atoms with Gasteiger partial charge in [-0.15, -0.1) is 0 Å². The highest BCUT2D eigenvalue weighted by molar-refractivity contribution is 6.73. The summed E-state index contributed by atoms with van der Waals surface area (Å²) in [5.41, 5.74) is 11.4. The summed E-state index contributed by atoms with van der Waals surface area (Å²) in [5, 5.41) is 0. The number of rotatable bonds is 5. The molecule has 0 heterocycles. The van der Waals surface area contributed by atoms with Crippen LogP contribution in [0.25, 0.3) is 0 Å². The topological polar surface area (TPSA) is 61.3 Å². The highest BCUT2D eigenvalue weighted by Crippen LogP contribution is 2.15. The van der Waals surface area contributed by atoms with Crippen LogP contribution in [-0.2, 0) is 4.43 Å². The zero-order chi connectivity index (χ0) is 8.91. The van der Waals surface area contributed by atoms with Crippen molar-refractivity contribution < 1.29 is 4.43 Å². The van der Waals surface area contributed by atoms with E-state index in [4.69, 9.17) is 15.9 Å². The van der Waals surface area contributed by atoms with Gasteiger partial charge in [0.05, 0.1) is 0 Å². The summed E-state index contributed by atoms with van der Waals surface area (Å²) in [6.45, 7) is 4.91. The molecule has 0 rings (SSSR count). The van der Waals surface area contributed by atoms with Gasteiger partial charge in [-0.25, -0.2) is 0 Å². The first kappa shape index (κ1) is 11.1. The van der Waals surface area contributed by atoms with Crippen LogP contribution in [0, 0.1) is 0 Å². The van der Waals surface area contributed by atoms with Gasteiger partial charge in [0.2, 0.25) is 8.32 Å². The molecule has 0 saturated carbocycles. The number of hydrogen-bond donors (Lipinski definition) is 2. The van der Waals surface area contributed by atoms with Crippen molar-refractivity contribution in [2.24, 2.45) is 11.5 Å². The second-order valence-electron chi connectivity index (χ2n) is 3.20. The third-order valence-corrected chi connectivity index (χ3v) is 6.51. The van der Waals surface area contributed by atoms with E-state index >= 15 is 0 Å². The van der Waals surface area contributed by atoms with Gasteiger partial charge in [0.25, 0.3) is 0 Å². The smallest absolute Gasteiger partial charge is 0.205 e. The molecule has 0 aromatic rings. The molecule has 4 N–H and O–H groups in total. The van der Waals surface area contributed by atoms with Crippen LogP contribution in [0.15, 0.2) is 0 Å². The molecule has 0 amide bonds. The monoisotopic (exact) mass is 176 g/mol. The minimum atomic E-state index is -1.62. The molecule has 0 aliphatic carbocycles. The first-order chi connectivity index (χ1) is 5.06. The molecule has 0 aliphatic rings. The van der Waals surface area contributed by atoms with Gasteiger partial charge >= 0.3 is 0 Å². The molecule has 4 heteroatoms. The Hall–Kier alpha value is 0.0969. The van der Waals surface area contributed by atoms with E-state index in [0.717, 1.165) is 19.0 Å². The third-order valence-electron chi connectivity index (χ3n) is 2.31. The van der Waals surface area contributed by atoms with Gasteiger partial charge in [0.15, 0.2) is 0 Å². The van der Waals surface area contributed by atoms with Gasteiger partial charge in [0, 0.05) is 12.8 Å². The zero-order valence-electron chi connectivity index (χ0n) is 7.76. The molecule has 0 bridgehead atoms. The maximum atomic E-state index is 5.82. The van der Waals surface area contributed by atoms with E-state index in [1.165, 1.54) is 0 Å². The minimum absolute atomic E-state index is 0.194. The molecular weight excluding hydrogens is 156 g/mol. The predicted molar refractivity (Wildman–Crippen MR) is 50.8 cm³/mol. The van der Waals surface area contributed by atoms with Crippen LogP contribution in [0.3, 0.4) is 0 Å². The second kappa shape index (κ2) is 4.87. The summed E-state index contributed by atoms with van der Waals surface area (Å²) >= 11 is 0. The van der Waals surface area contributed by atoms with Crippen molar-refractivity contribution in [2.45, 2.75) is 31.6 Å². The van der Waals surface area contributed by atoms with Gasteiger partial charge in [-0.3, -0.25) is 0 Å². The van der Waals surface area contributed by atoms with Crippen LogP contribution in [0.5, 0.6) is 0 Å². The maximum Gasteiger partial charge on any atom is 0.205 e. The summed E-state index contributed by atoms with van der Waals surface area (Å²) in [6, 6.07) is 1.07. The predicted octanol–water partition coefficient (Wildman–Crippen LogP) is 0.443. The SMILES string of the molecule is CO[Si](C)(CCCN)C(C)N. The van der Waals surface area contributed by atoms with E-state index in [0.29, 0.717) is 0 Å². The molecular formula is C7H20N2OSi. The Morgan fingerprint density at radius 2 is 2.09 bits per heavy atom. The lowest BCUT2D eigenvalue weighted by Gasteiger charge is -2.28. The van der Waals surface area contributed by atoms with Crippen LogP contribution >= 0.6 is 0 Å². The highest BCUT2D eigenvalue weighted by Gasteiger charge is 2.31. The first-order valence-corrected chi connectivity index (χ1v) is 6.77. The summed E-state index contributed by atoms with van der Waals surface area (Å²) in [7, 11) is 0.132. The Morgan fingerprint density at radius 3 is 2.36 bits per heavy atom. The number of nitrogens with two attached hydrogens (primary N) is 2. The van der Waals surface area contributed by atoms with Gasteiger partial charge in [-0.1, -0.05) is 6.92 Å². The Labute approximate surface area is 70.2 Å².